The van der Waals surface area contributed by atoms with Crippen LogP contribution in [0, 0.1) is 0 Å². The average molecular weight is 307 g/mol. The molecule has 0 spiro atoms. The van der Waals surface area contributed by atoms with E-state index in [1.54, 1.807) is 0 Å². The van der Waals surface area contributed by atoms with Gasteiger partial charge in [0.15, 0.2) is 30.3 Å². The highest BCUT2D eigenvalue weighted by molar-refractivity contribution is 5.81. The molecule has 0 aromatic carbocycles. The number of aromatic nitrogens is 4. The number of rotatable bonds is 7. The molecule has 2 N–H and O–H groups in total. The number of carbonyl (C=O) groups is 3. The van der Waals surface area contributed by atoms with Crippen LogP contribution < -0.4 is 5.73 Å². The average Bonchev–Trinajstić information content (AvgIpc) is 2.93. The Morgan fingerprint density at radius 3 is 2.77 bits per heavy atom. The topological polar surface area (TPSA) is 139 Å². The Kier molecular flexibility index (Phi) is 4.73. The molecule has 0 radical (unpaired) electrons. The number of anilines is 1. The number of ether oxygens (including phenoxy) is 2. The van der Waals surface area contributed by atoms with E-state index < -0.39 is 18.3 Å². The Bertz CT molecular complexity index is 700. The highest BCUT2D eigenvalue weighted by Crippen LogP contribution is 2.19. The second kappa shape index (κ2) is 6.72. The first-order valence-corrected chi connectivity index (χ1v) is 6.19. The van der Waals surface area contributed by atoms with Crippen molar-refractivity contribution in [3.8, 4) is 0 Å². The molecule has 2 aromatic rings. The summed E-state index contributed by atoms with van der Waals surface area (Å²) in [5, 5.41) is 0. The summed E-state index contributed by atoms with van der Waals surface area (Å²) < 4.78 is 11.3. The van der Waals surface area contributed by atoms with Crippen LogP contribution in [0.3, 0.4) is 0 Å². The molecule has 0 fully saturated rings. The van der Waals surface area contributed by atoms with Gasteiger partial charge in [0.2, 0.25) is 0 Å². The van der Waals surface area contributed by atoms with Gasteiger partial charge in [-0.05, 0) is 0 Å². The van der Waals surface area contributed by atoms with Crippen LogP contribution in [0.2, 0.25) is 0 Å². The van der Waals surface area contributed by atoms with Crippen LogP contribution in [0.1, 0.15) is 13.2 Å². The van der Waals surface area contributed by atoms with Crippen molar-refractivity contribution in [1.82, 2.24) is 19.5 Å². The van der Waals surface area contributed by atoms with Crippen molar-refractivity contribution >= 4 is 35.5 Å². The van der Waals surface area contributed by atoms with Crippen LogP contribution in [0.25, 0.3) is 11.2 Å². The Hall–Kier alpha value is -2.88. The Morgan fingerprint density at radius 1 is 1.36 bits per heavy atom. The maximum atomic E-state index is 11.2. The minimum Gasteiger partial charge on any atom is -0.463 e. The van der Waals surface area contributed by atoms with Gasteiger partial charge in [-0.25, -0.2) is 15.0 Å². The summed E-state index contributed by atoms with van der Waals surface area (Å²) in [6.07, 6.45) is 1.13. The van der Waals surface area contributed by atoms with Gasteiger partial charge in [-0.15, -0.1) is 0 Å². The first-order valence-electron chi connectivity index (χ1n) is 6.19. The number of carbonyl (C=O) groups excluding carboxylic acids is 3. The standard InChI is InChI=1S/C12H13N5O5/c1-7(20)21-4-8(2-18)22-9(3-19)17-6-16-10-11(13)14-5-15-12(10)17/h2-3,5-6,8-9H,4H2,1H3,(H2,13,14,15). The monoisotopic (exact) mass is 307 g/mol. The van der Waals surface area contributed by atoms with Crippen LogP contribution >= 0.6 is 0 Å². The Labute approximate surface area is 124 Å². The number of nitrogens with zero attached hydrogens (tertiary/aromatic N) is 4. The van der Waals surface area contributed by atoms with Gasteiger partial charge in [-0.3, -0.25) is 14.2 Å². The molecule has 0 saturated heterocycles. The summed E-state index contributed by atoms with van der Waals surface area (Å²) in [6, 6.07) is 0. The van der Waals surface area contributed by atoms with Crippen molar-refractivity contribution in [3.05, 3.63) is 12.7 Å². The molecule has 2 unspecified atom stereocenters. The van der Waals surface area contributed by atoms with Crippen molar-refractivity contribution in [2.75, 3.05) is 12.3 Å². The molecular formula is C12H13N5O5. The van der Waals surface area contributed by atoms with Crippen LogP contribution in [0.15, 0.2) is 12.7 Å². The number of nitrogen functional groups attached to an aromatic ring is 1. The van der Waals surface area contributed by atoms with Gasteiger partial charge < -0.3 is 20.0 Å². The van der Waals surface area contributed by atoms with Gasteiger partial charge in [0.1, 0.15) is 24.6 Å². The highest BCUT2D eigenvalue weighted by Gasteiger charge is 2.21. The molecule has 2 atom stereocenters. The number of nitrogens with two attached hydrogens (primary N) is 1. The lowest BCUT2D eigenvalue weighted by Gasteiger charge is -2.18. The van der Waals surface area contributed by atoms with E-state index in [1.807, 2.05) is 0 Å². The minimum atomic E-state index is -1.18. The Balaban J connectivity index is 2.22. The number of esters is 1. The smallest absolute Gasteiger partial charge is 0.302 e. The van der Waals surface area contributed by atoms with E-state index in [-0.39, 0.29) is 18.1 Å². The number of imidazole rings is 1. The lowest BCUT2D eigenvalue weighted by Crippen LogP contribution is -2.28. The van der Waals surface area contributed by atoms with E-state index in [0.29, 0.717) is 18.1 Å². The zero-order chi connectivity index (χ0) is 16.1. The van der Waals surface area contributed by atoms with Crippen LogP contribution in [-0.4, -0.2) is 50.8 Å². The van der Waals surface area contributed by atoms with E-state index >= 15 is 0 Å². The Morgan fingerprint density at radius 2 is 2.14 bits per heavy atom. The van der Waals surface area contributed by atoms with E-state index in [1.165, 1.54) is 24.1 Å². The number of aldehydes is 2. The van der Waals surface area contributed by atoms with Gasteiger partial charge >= 0.3 is 5.97 Å². The first-order chi connectivity index (χ1) is 10.6. The maximum absolute atomic E-state index is 11.2. The van der Waals surface area contributed by atoms with Gasteiger partial charge in [0, 0.05) is 6.92 Å². The van der Waals surface area contributed by atoms with Crippen molar-refractivity contribution in [2.45, 2.75) is 19.3 Å². The highest BCUT2D eigenvalue weighted by atomic mass is 16.6. The molecule has 0 bridgehead atoms. The van der Waals surface area contributed by atoms with Crippen molar-refractivity contribution < 1.29 is 23.9 Å². The first kappa shape index (κ1) is 15.5. The van der Waals surface area contributed by atoms with Gasteiger partial charge in [0.05, 0.1) is 6.33 Å². The zero-order valence-electron chi connectivity index (χ0n) is 11.6. The number of hydrogen-bond donors (Lipinski definition) is 1. The molecule has 0 aliphatic carbocycles. The van der Waals surface area contributed by atoms with Gasteiger partial charge in [-0.2, -0.15) is 0 Å². The van der Waals surface area contributed by atoms with E-state index in [0.717, 1.165) is 0 Å². The summed E-state index contributed by atoms with van der Waals surface area (Å²) >= 11 is 0. The van der Waals surface area contributed by atoms with Gasteiger partial charge in [0.25, 0.3) is 0 Å². The predicted octanol–water partition coefficient (Wildman–Crippen LogP) is -0.747. The van der Waals surface area contributed by atoms with Crippen LogP contribution in [0.5, 0.6) is 0 Å². The molecule has 0 amide bonds. The second-order valence-corrected chi connectivity index (χ2v) is 4.22. The third-order valence-corrected chi connectivity index (χ3v) is 2.69. The molecule has 0 saturated carbocycles. The zero-order valence-corrected chi connectivity index (χ0v) is 11.6. The predicted molar refractivity (Wildman–Crippen MR) is 72.4 cm³/mol. The molecule has 0 aliphatic rings. The molecule has 2 heterocycles. The number of hydrogen-bond acceptors (Lipinski definition) is 9. The molecule has 22 heavy (non-hydrogen) atoms. The fourth-order valence-corrected chi connectivity index (χ4v) is 1.71. The quantitative estimate of drug-likeness (QED) is 0.517. The molecule has 2 aromatic heterocycles. The van der Waals surface area contributed by atoms with Crippen LogP contribution in [0.4, 0.5) is 5.82 Å². The lowest BCUT2D eigenvalue weighted by molar-refractivity contribution is -0.152. The molecule has 0 aliphatic heterocycles. The van der Waals surface area contributed by atoms with Crippen LogP contribution in [-0.2, 0) is 23.9 Å². The van der Waals surface area contributed by atoms with E-state index in [9.17, 15) is 14.4 Å². The summed E-state index contributed by atoms with van der Waals surface area (Å²) in [5.74, 6) is -0.410. The summed E-state index contributed by atoms with van der Waals surface area (Å²) in [5.41, 5.74) is 6.24. The summed E-state index contributed by atoms with van der Waals surface area (Å²) in [6.45, 7) is 0.898. The molecule has 116 valence electrons. The summed E-state index contributed by atoms with van der Waals surface area (Å²) in [7, 11) is 0. The molecule has 10 heteroatoms. The van der Waals surface area contributed by atoms with Crippen molar-refractivity contribution in [3.63, 3.8) is 0 Å². The molecule has 2 rings (SSSR count). The fraction of sp³-hybridized carbons (Fsp3) is 0.333. The van der Waals surface area contributed by atoms with Gasteiger partial charge in [-0.1, -0.05) is 0 Å². The third-order valence-electron chi connectivity index (χ3n) is 2.69. The van der Waals surface area contributed by atoms with Crippen molar-refractivity contribution in [1.29, 1.82) is 0 Å². The molecule has 10 nitrogen and oxygen atoms in total. The number of fused-ring (bicyclic) bond motifs is 1. The van der Waals surface area contributed by atoms with E-state index in [4.69, 9.17) is 10.5 Å². The van der Waals surface area contributed by atoms with Crippen molar-refractivity contribution in [2.24, 2.45) is 0 Å². The minimum absolute atomic E-state index is 0.153. The maximum Gasteiger partial charge on any atom is 0.302 e. The van der Waals surface area contributed by atoms with E-state index in [2.05, 4.69) is 19.7 Å². The summed E-state index contributed by atoms with van der Waals surface area (Å²) in [4.78, 5) is 44.7. The third kappa shape index (κ3) is 3.23. The SMILES string of the molecule is CC(=O)OCC(C=O)OC(C=O)n1cnc2c(N)ncnc21. The molecular weight excluding hydrogens is 294 g/mol. The largest absolute Gasteiger partial charge is 0.463 e. The lowest BCUT2D eigenvalue weighted by atomic mass is 10.4. The normalized spacial score (nSPS) is 13.5. The second-order valence-electron chi connectivity index (χ2n) is 4.22. The fourth-order valence-electron chi connectivity index (χ4n) is 1.71.